The molecule has 1 atom stereocenters. The van der Waals surface area contributed by atoms with Gasteiger partial charge in [0.2, 0.25) is 0 Å². The van der Waals surface area contributed by atoms with Gasteiger partial charge in [0.15, 0.2) is 0 Å². The van der Waals surface area contributed by atoms with Crippen molar-refractivity contribution in [1.82, 2.24) is 0 Å². The Balaban J connectivity index is 1.71. The van der Waals surface area contributed by atoms with Crippen molar-refractivity contribution in [3.05, 3.63) is 108 Å². The second-order valence-corrected chi connectivity index (χ2v) is 9.13. The molecule has 1 N–H and O–H groups in total. The highest BCUT2D eigenvalue weighted by Gasteiger charge is 2.47. The number of rotatable bonds is 6. The lowest BCUT2D eigenvalue weighted by molar-refractivity contribution is -0.132. The summed E-state index contributed by atoms with van der Waals surface area (Å²) in [4.78, 5) is 28.4. The molecule has 6 nitrogen and oxygen atoms in total. The summed E-state index contributed by atoms with van der Waals surface area (Å²) in [6.45, 7) is 3.86. The molecule has 1 fully saturated rings. The van der Waals surface area contributed by atoms with E-state index in [1.165, 1.54) is 4.90 Å². The zero-order chi connectivity index (χ0) is 26.1. The van der Waals surface area contributed by atoms with Crippen molar-refractivity contribution < 1.29 is 24.2 Å². The maximum absolute atomic E-state index is 13.5. The van der Waals surface area contributed by atoms with Crippen LogP contribution in [0, 0.1) is 0 Å². The third-order valence-corrected chi connectivity index (χ3v) is 6.41. The van der Waals surface area contributed by atoms with E-state index in [-0.39, 0.29) is 17.4 Å². The van der Waals surface area contributed by atoms with Crippen molar-refractivity contribution >= 4 is 33.9 Å². The fourth-order valence-electron chi connectivity index (χ4n) is 4.74. The smallest absolute Gasteiger partial charge is 0.300 e. The molecule has 4 aromatic rings. The normalized spacial score (nSPS) is 17.0. The molecule has 0 aromatic heterocycles. The van der Waals surface area contributed by atoms with E-state index in [0.717, 1.165) is 16.3 Å². The van der Waals surface area contributed by atoms with Gasteiger partial charge in [-0.3, -0.25) is 14.5 Å². The summed E-state index contributed by atoms with van der Waals surface area (Å²) in [5, 5.41) is 13.3. The Kier molecular flexibility index (Phi) is 6.40. The highest BCUT2D eigenvalue weighted by molar-refractivity contribution is 6.51. The first-order valence-electron chi connectivity index (χ1n) is 12.1. The van der Waals surface area contributed by atoms with Crippen molar-refractivity contribution in [3.8, 4) is 11.5 Å². The first kappa shape index (κ1) is 24.1. The molecule has 4 aromatic carbocycles. The summed E-state index contributed by atoms with van der Waals surface area (Å²) in [5.41, 5.74) is 1.73. The quantitative estimate of drug-likeness (QED) is 0.195. The number of carbonyl (C=O) groups is 2. The lowest BCUT2D eigenvalue weighted by Crippen LogP contribution is -2.29. The molecule has 1 saturated heterocycles. The van der Waals surface area contributed by atoms with Gasteiger partial charge in [0, 0.05) is 11.3 Å². The van der Waals surface area contributed by atoms with Crippen molar-refractivity contribution in [2.75, 3.05) is 12.0 Å². The van der Waals surface area contributed by atoms with Crippen LogP contribution >= 0.6 is 0 Å². The van der Waals surface area contributed by atoms with E-state index in [9.17, 15) is 14.7 Å². The molecular weight excluding hydrogens is 466 g/mol. The Morgan fingerprint density at radius 3 is 2.16 bits per heavy atom. The van der Waals surface area contributed by atoms with Crippen LogP contribution in [0.2, 0.25) is 0 Å². The zero-order valence-electron chi connectivity index (χ0n) is 20.8. The molecule has 186 valence electrons. The van der Waals surface area contributed by atoms with Crippen LogP contribution in [0.1, 0.15) is 31.0 Å². The van der Waals surface area contributed by atoms with Gasteiger partial charge >= 0.3 is 0 Å². The van der Waals surface area contributed by atoms with Gasteiger partial charge in [-0.25, -0.2) is 0 Å². The molecule has 1 amide bonds. The van der Waals surface area contributed by atoms with E-state index in [0.29, 0.717) is 22.7 Å². The molecule has 0 spiro atoms. The number of amides is 1. The third kappa shape index (κ3) is 4.42. The number of hydrogen-bond acceptors (Lipinski definition) is 5. The molecule has 0 aliphatic carbocycles. The van der Waals surface area contributed by atoms with Gasteiger partial charge < -0.3 is 14.6 Å². The minimum Gasteiger partial charge on any atom is -0.507 e. The molecule has 1 unspecified atom stereocenters. The molecule has 0 saturated carbocycles. The monoisotopic (exact) mass is 493 g/mol. The topological polar surface area (TPSA) is 76.1 Å². The highest BCUT2D eigenvalue weighted by Crippen LogP contribution is 2.44. The Morgan fingerprint density at radius 2 is 1.49 bits per heavy atom. The average molecular weight is 494 g/mol. The largest absolute Gasteiger partial charge is 0.507 e. The standard InChI is InChI=1S/C31H27NO5/c1-19(2)37-24-15-11-21(12-16-24)29(33)27-28(26-10-6-8-20-7-4-5-9-25(20)26)32(31(35)30(27)34)22-13-17-23(36-3)18-14-22/h4-19,28,33H,1-3H3/b29-27-. The van der Waals surface area contributed by atoms with Gasteiger partial charge in [0.05, 0.1) is 24.8 Å². The number of nitrogens with zero attached hydrogens (tertiary/aromatic N) is 1. The number of carbonyl (C=O) groups excluding carboxylic acids is 2. The van der Waals surface area contributed by atoms with Gasteiger partial charge in [0.1, 0.15) is 17.3 Å². The van der Waals surface area contributed by atoms with E-state index in [1.54, 1.807) is 55.6 Å². The lowest BCUT2D eigenvalue weighted by atomic mass is 9.91. The Bertz CT molecular complexity index is 1500. The molecule has 6 heteroatoms. The molecule has 37 heavy (non-hydrogen) atoms. The first-order chi connectivity index (χ1) is 17.9. The van der Waals surface area contributed by atoms with Gasteiger partial charge in [-0.1, -0.05) is 42.5 Å². The number of fused-ring (bicyclic) bond motifs is 1. The van der Waals surface area contributed by atoms with Crippen LogP contribution in [-0.2, 0) is 9.59 Å². The lowest BCUT2D eigenvalue weighted by Gasteiger charge is -2.26. The van der Waals surface area contributed by atoms with Crippen LogP contribution in [0.5, 0.6) is 11.5 Å². The fourth-order valence-corrected chi connectivity index (χ4v) is 4.74. The van der Waals surface area contributed by atoms with E-state index in [1.807, 2.05) is 56.3 Å². The average Bonchev–Trinajstić information content (AvgIpc) is 3.18. The minimum atomic E-state index is -0.828. The van der Waals surface area contributed by atoms with Gasteiger partial charge in [-0.2, -0.15) is 0 Å². The molecule has 1 heterocycles. The summed E-state index contributed by atoms with van der Waals surface area (Å²) in [5.74, 6) is -0.400. The number of aliphatic hydroxyl groups is 1. The molecule has 0 bridgehead atoms. The Hall–Kier alpha value is -4.58. The second kappa shape index (κ2) is 9.82. The maximum Gasteiger partial charge on any atom is 0.300 e. The maximum atomic E-state index is 13.5. The van der Waals surface area contributed by atoms with Crippen molar-refractivity contribution in [3.63, 3.8) is 0 Å². The van der Waals surface area contributed by atoms with Crippen molar-refractivity contribution in [2.45, 2.75) is 26.0 Å². The fraction of sp³-hybridized carbons (Fsp3) is 0.161. The molecule has 1 aliphatic rings. The third-order valence-electron chi connectivity index (χ3n) is 6.41. The number of benzene rings is 4. The number of ketones is 1. The van der Waals surface area contributed by atoms with E-state index >= 15 is 0 Å². The van der Waals surface area contributed by atoms with E-state index in [2.05, 4.69) is 0 Å². The van der Waals surface area contributed by atoms with Gasteiger partial charge in [0.25, 0.3) is 11.7 Å². The summed E-state index contributed by atoms with van der Waals surface area (Å²) in [7, 11) is 1.56. The molecular formula is C31H27NO5. The predicted octanol–water partition coefficient (Wildman–Crippen LogP) is 6.26. The molecule has 5 rings (SSSR count). The number of methoxy groups -OCH3 is 1. The number of Topliss-reactive ketones (excluding diaryl/α,β-unsaturated/α-hetero) is 1. The van der Waals surface area contributed by atoms with Gasteiger partial charge in [-0.15, -0.1) is 0 Å². The first-order valence-corrected chi connectivity index (χ1v) is 12.1. The van der Waals surface area contributed by atoms with Crippen molar-refractivity contribution in [2.24, 2.45) is 0 Å². The van der Waals surface area contributed by atoms with Crippen LogP contribution in [0.4, 0.5) is 5.69 Å². The summed E-state index contributed by atoms with van der Waals surface area (Å²) < 4.78 is 11.0. The molecule has 1 aliphatic heterocycles. The number of anilines is 1. The minimum absolute atomic E-state index is 0.000583. The highest BCUT2D eigenvalue weighted by atomic mass is 16.5. The second-order valence-electron chi connectivity index (χ2n) is 9.13. The molecule has 0 radical (unpaired) electrons. The van der Waals surface area contributed by atoms with Gasteiger partial charge in [-0.05, 0) is 78.7 Å². The summed E-state index contributed by atoms with van der Waals surface area (Å²) >= 11 is 0. The van der Waals surface area contributed by atoms with Crippen LogP contribution < -0.4 is 14.4 Å². The van der Waals surface area contributed by atoms with Crippen LogP contribution in [-0.4, -0.2) is 30.0 Å². The number of aliphatic hydroxyl groups excluding tert-OH is 1. The van der Waals surface area contributed by atoms with Crippen LogP contribution in [0.3, 0.4) is 0 Å². The summed E-state index contributed by atoms with van der Waals surface area (Å²) in [6.07, 6.45) is 0.000583. The Morgan fingerprint density at radius 1 is 0.838 bits per heavy atom. The summed E-state index contributed by atoms with van der Waals surface area (Å²) in [6, 6.07) is 26.5. The van der Waals surface area contributed by atoms with E-state index in [4.69, 9.17) is 9.47 Å². The zero-order valence-corrected chi connectivity index (χ0v) is 20.8. The van der Waals surface area contributed by atoms with Crippen LogP contribution in [0.15, 0.2) is 96.6 Å². The SMILES string of the molecule is COc1ccc(N2C(=O)C(=O)/C(=C(\O)c3ccc(OC(C)C)cc3)C2c2cccc3ccccc23)cc1. The van der Waals surface area contributed by atoms with E-state index < -0.39 is 17.7 Å². The number of hydrogen-bond donors (Lipinski definition) is 1. The predicted molar refractivity (Wildman–Crippen MR) is 144 cm³/mol. The van der Waals surface area contributed by atoms with Crippen molar-refractivity contribution in [1.29, 1.82) is 0 Å². The van der Waals surface area contributed by atoms with Crippen LogP contribution in [0.25, 0.3) is 16.5 Å². The Labute approximate surface area is 215 Å². The number of ether oxygens (including phenoxy) is 2.